The molecule has 1 heterocycles. The molecule has 0 amide bonds. The molecule has 1 nitrogen and oxygen atoms in total. The zero-order chi connectivity index (χ0) is 11.2. The summed E-state index contributed by atoms with van der Waals surface area (Å²) in [5, 5.41) is 2.66. The SMILES string of the molecule is CCCCCC[n+]1ccc2ccccc2c1.[Br-]. The van der Waals surface area contributed by atoms with E-state index in [2.05, 4.69) is 54.2 Å². The van der Waals surface area contributed by atoms with E-state index in [1.807, 2.05) is 0 Å². The number of unbranched alkanes of at least 4 members (excludes halogenated alkanes) is 3. The molecule has 92 valence electrons. The Morgan fingerprint density at radius 2 is 1.71 bits per heavy atom. The molecule has 0 unspecified atom stereocenters. The number of halogens is 1. The molecule has 1 aromatic heterocycles. The molecule has 0 atom stereocenters. The third kappa shape index (κ3) is 4.12. The first-order valence-electron chi connectivity index (χ1n) is 6.28. The zero-order valence-electron chi connectivity index (χ0n) is 10.4. The molecule has 0 aliphatic rings. The van der Waals surface area contributed by atoms with Crippen molar-refractivity contribution < 1.29 is 21.5 Å². The number of benzene rings is 1. The number of pyridine rings is 1. The second-order valence-electron chi connectivity index (χ2n) is 4.37. The Balaban J connectivity index is 0.00000144. The third-order valence-electron chi connectivity index (χ3n) is 3.02. The quantitative estimate of drug-likeness (QED) is 0.565. The number of hydrogen-bond acceptors (Lipinski definition) is 0. The minimum atomic E-state index is 0. The maximum atomic E-state index is 2.30. The minimum Gasteiger partial charge on any atom is -1.00 e. The van der Waals surface area contributed by atoms with Crippen LogP contribution in [0.3, 0.4) is 0 Å². The maximum absolute atomic E-state index is 2.30. The molecule has 1 aromatic carbocycles. The van der Waals surface area contributed by atoms with Crippen molar-refractivity contribution in [1.29, 1.82) is 0 Å². The number of rotatable bonds is 5. The van der Waals surface area contributed by atoms with Crippen LogP contribution in [0.25, 0.3) is 10.8 Å². The van der Waals surface area contributed by atoms with Gasteiger partial charge in [-0.2, -0.15) is 0 Å². The van der Waals surface area contributed by atoms with E-state index < -0.39 is 0 Å². The van der Waals surface area contributed by atoms with Gasteiger partial charge >= 0.3 is 0 Å². The van der Waals surface area contributed by atoms with Gasteiger partial charge in [0.2, 0.25) is 0 Å². The Labute approximate surface area is 114 Å². The molecule has 0 saturated carbocycles. The molecule has 0 bridgehead atoms. The van der Waals surface area contributed by atoms with Crippen LogP contribution in [-0.4, -0.2) is 0 Å². The summed E-state index contributed by atoms with van der Waals surface area (Å²) in [4.78, 5) is 0. The van der Waals surface area contributed by atoms with E-state index in [1.165, 1.54) is 36.5 Å². The van der Waals surface area contributed by atoms with Crippen LogP contribution in [0.4, 0.5) is 0 Å². The van der Waals surface area contributed by atoms with E-state index in [0.29, 0.717) is 0 Å². The van der Waals surface area contributed by atoms with Crippen molar-refractivity contribution in [3.05, 3.63) is 42.7 Å². The van der Waals surface area contributed by atoms with Crippen LogP contribution in [0.2, 0.25) is 0 Å². The smallest absolute Gasteiger partial charge is 0.176 e. The van der Waals surface area contributed by atoms with Gasteiger partial charge in [0.25, 0.3) is 0 Å². The Morgan fingerprint density at radius 1 is 0.941 bits per heavy atom. The molecular formula is C15H20BrN. The van der Waals surface area contributed by atoms with Crippen LogP contribution in [-0.2, 0) is 6.54 Å². The predicted octanol–water partition coefficient (Wildman–Crippen LogP) is 0.712. The highest BCUT2D eigenvalue weighted by molar-refractivity contribution is 5.80. The highest BCUT2D eigenvalue weighted by Crippen LogP contribution is 2.09. The summed E-state index contributed by atoms with van der Waals surface area (Å²) in [6.45, 7) is 3.40. The molecule has 0 radical (unpaired) electrons. The van der Waals surface area contributed by atoms with Crippen molar-refractivity contribution in [2.24, 2.45) is 0 Å². The number of aryl methyl sites for hydroxylation is 1. The Kier molecular flexibility index (Phi) is 6.20. The molecular weight excluding hydrogens is 274 g/mol. The first kappa shape index (κ1) is 14.2. The van der Waals surface area contributed by atoms with Crippen molar-refractivity contribution in [2.75, 3.05) is 0 Å². The summed E-state index contributed by atoms with van der Waals surface area (Å²) in [6.07, 6.45) is 9.74. The molecule has 2 rings (SSSR count). The molecule has 0 saturated heterocycles. The summed E-state index contributed by atoms with van der Waals surface area (Å²) in [5.74, 6) is 0. The summed E-state index contributed by atoms with van der Waals surface area (Å²) in [7, 11) is 0. The van der Waals surface area contributed by atoms with Crippen molar-refractivity contribution >= 4 is 10.8 Å². The van der Waals surface area contributed by atoms with Gasteiger partial charge in [0, 0.05) is 17.9 Å². The molecule has 0 aliphatic carbocycles. The monoisotopic (exact) mass is 293 g/mol. The summed E-state index contributed by atoms with van der Waals surface area (Å²) in [5.41, 5.74) is 0. The van der Waals surface area contributed by atoms with Gasteiger partial charge in [0.05, 0.1) is 0 Å². The highest BCUT2D eigenvalue weighted by Gasteiger charge is 2.01. The normalized spacial score (nSPS) is 10.2. The standard InChI is InChI=1S/C15H20N.BrH/c1-2-3-4-7-11-16-12-10-14-8-5-6-9-15(14)13-16;/h5-6,8-10,12-13H,2-4,7,11H2,1H3;1H/q+1;/p-1. The lowest BCUT2D eigenvalue weighted by atomic mass is 10.1. The Morgan fingerprint density at radius 3 is 2.47 bits per heavy atom. The fourth-order valence-corrected chi connectivity index (χ4v) is 2.04. The van der Waals surface area contributed by atoms with Gasteiger partial charge in [0.15, 0.2) is 12.4 Å². The highest BCUT2D eigenvalue weighted by atomic mass is 79.9. The van der Waals surface area contributed by atoms with E-state index in [0.717, 1.165) is 6.54 Å². The summed E-state index contributed by atoms with van der Waals surface area (Å²) >= 11 is 0. The fraction of sp³-hybridized carbons (Fsp3) is 0.400. The summed E-state index contributed by atoms with van der Waals surface area (Å²) in [6, 6.07) is 10.7. The number of nitrogens with zero attached hydrogens (tertiary/aromatic N) is 1. The molecule has 2 aromatic rings. The second-order valence-corrected chi connectivity index (χ2v) is 4.37. The van der Waals surface area contributed by atoms with E-state index in [9.17, 15) is 0 Å². The van der Waals surface area contributed by atoms with Crippen LogP contribution >= 0.6 is 0 Å². The largest absolute Gasteiger partial charge is 1.00 e. The van der Waals surface area contributed by atoms with Crippen LogP contribution in [0.15, 0.2) is 42.7 Å². The topological polar surface area (TPSA) is 3.88 Å². The van der Waals surface area contributed by atoms with Gasteiger partial charge in [0.1, 0.15) is 6.54 Å². The van der Waals surface area contributed by atoms with Gasteiger partial charge < -0.3 is 17.0 Å². The van der Waals surface area contributed by atoms with Crippen molar-refractivity contribution in [2.45, 2.75) is 39.2 Å². The molecule has 0 N–H and O–H groups in total. The third-order valence-corrected chi connectivity index (χ3v) is 3.02. The van der Waals surface area contributed by atoms with E-state index in [-0.39, 0.29) is 17.0 Å². The molecule has 2 heteroatoms. The van der Waals surface area contributed by atoms with E-state index in [4.69, 9.17) is 0 Å². The van der Waals surface area contributed by atoms with Crippen molar-refractivity contribution in [3.8, 4) is 0 Å². The average Bonchev–Trinajstić information content (AvgIpc) is 2.34. The first-order valence-corrected chi connectivity index (χ1v) is 6.28. The average molecular weight is 294 g/mol. The van der Waals surface area contributed by atoms with Gasteiger partial charge in [-0.3, -0.25) is 0 Å². The molecule has 17 heavy (non-hydrogen) atoms. The van der Waals surface area contributed by atoms with Crippen LogP contribution < -0.4 is 21.5 Å². The molecule has 0 fully saturated rings. The predicted molar refractivity (Wildman–Crippen MR) is 68.3 cm³/mol. The van der Waals surface area contributed by atoms with Crippen molar-refractivity contribution in [1.82, 2.24) is 0 Å². The first-order chi connectivity index (χ1) is 7.90. The minimum absolute atomic E-state index is 0. The lowest BCUT2D eigenvalue weighted by molar-refractivity contribution is -0.696. The van der Waals surface area contributed by atoms with E-state index >= 15 is 0 Å². The van der Waals surface area contributed by atoms with Crippen LogP contribution in [0, 0.1) is 0 Å². The van der Waals surface area contributed by atoms with Gasteiger partial charge in [-0.1, -0.05) is 38.0 Å². The lowest BCUT2D eigenvalue weighted by Gasteiger charge is -1.99. The number of aromatic nitrogens is 1. The second kappa shape index (κ2) is 7.44. The Bertz CT molecular complexity index is 453. The maximum Gasteiger partial charge on any atom is 0.176 e. The van der Waals surface area contributed by atoms with Crippen LogP contribution in [0.5, 0.6) is 0 Å². The van der Waals surface area contributed by atoms with Gasteiger partial charge in [-0.05, 0) is 17.9 Å². The lowest BCUT2D eigenvalue weighted by Crippen LogP contribution is -3.00. The van der Waals surface area contributed by atoms with Gasteiger partial charge in [-0.25, -0.2) is 4.57 Å². The fourth-order valence-electron chi connectivity index (χ4n) is 2.04. The molecule has 0 aliphatic heterocycles. The van der Waals surface area contributed by atoms with E-state index in [1.54, 1.807) is 0 Å². The Hall–Kier alpha value is -0.890. The number of fused-ring (bicyclic) bond motifs is 1. The molecule has 0 spiro atoms. The van der Waals surface area contributed by atoms with Crippen LogP contribution in [0.1, 0.15) is 32.6 Å². The van der Waals surface area contributed by atoms with Crippen molar-refractivity contribution in [3.63, 3.8) is 0 Å². The zero-order valence-corrected chi connectivity index (χ0v) is 12.0. The number of hydrogen-bond donors (Lipinski definition) is 0. The van der Waals surface area contributed by atoms with Gasteiger partial charge in [-0.15, -0.1) is 0 Å². The summed E-state index contributed by atoms with van der Waals surface area (Å²) < 4.78 is 2.30.